The van der Waals surface area contributed by atoms with Gasteiger partial charge in [-0.05, 0) is 24.6 Å². The Morgan fingerprint density at radius 2 is 1.07 bits per heavy atom. The molecule has 0 saturated carbocycles. The van der Waals surface area contributed by atoms with Crippen molar-refractivity contribution in [3.8, 4) is 28.7 Å². The lowest BCUT2D eigenvalue weighted by Gasteiger charge is -2.45. The van der Waals surface area contributed by atoms with E-state index >= 15 is 0 Å². The van der Waals surface area contributed by atoms with E-state index in [1.54, 1.807) is 0 Å². The first-order chi connectivity index (χ1) is 30.5. The fraction of sp³-hybridized carbons (Fsp3) is 0.536. The van der Waals surface area contributed by atoms with Crippen LogP contribution in [0.5, 0.6) is 28.7 Å². The Balaban J connectivity index is 1.59. The maximum absolute atomic E-state index is 13.2. The van der Waals surface area contributed by atoms with E-state index in [9.17, 15) is 92.8 Å². The standard InChI is InChI=1S/C28H34O33S6/c1-10-21(56-62(32,33)34)23(58-64(38,39)40)25(60-66(44,45)46)27(52-10)51-9-19-22(57-63(35,36)37)24(59-65(41,42)43)26(61-67(47,48)49)28(55-19)53-12-6-14(30)20-15(31)8-17(54-18(20)7-12)11-3-4-16(50-2)13(29)5-11/h3-7,10,17,19,21-30H,8-9H2,1-2H3,(H,32,33,34)(H,35,36,37)(H,38,39,40)(H,41,42,43)(H,44,45,46)(H,47,48,49)/t10-,17-,19+,21-,22+,23+,24-,25+,26+,27+,28+/m0/s1. The van der Waals surface area contributed by atoms with Gasteiger partial charge in [-0.1, -0.05) is 6.07 Å². The molecule has 0 unspecified atom stereocenters. The summed E-state index contributed by atoms with van der Waals surface area (Å²) in [5.41, 5.74) is -0.308. The zero-order valence-corrected chi connectivity index (χ0v) is 37.8. The largest absolute Gasteiger partial charge is 0.507 e. The van der Waals surface area contributed by atoms with Gasteiger partial charge in [-0.15, -0.1) is 0 Å². The molecule has 2 aromatic rings. The molecule has 380 valence electrons. The molecule has 2 fully saturated rings. The van der Waals surface area contributed by atoms with Crippen LogP contribution in [0.2, 0.25) is 0 Å². The summed E-state index contributed by atoms with van der Waals surface area (Å²) < 4.78 is 259. The number of phenols is 2. The first-order valence-electron chi connectivity index (χ1n) is 17.5. The molecule has 0 aliphatic carbocycles. The number of fused-ring (bicyclic) bond motifs is 1. The topological polar surface area (TPSA) is 495 Å². The number of hydrogen-bond donors (Lipinski definition) is 8. The summed E-state index contributed by atoms with van der Waals surface area (Å²) in [4.78, 5) is 13.2. The molecule has 3 aliphatic rings. The van der Waals surface area contributed by atoms with E-state index in [-0.39, 0.29) is 17.1 Å². The van der Waals surface area contributed by atoms with E-state index < -0.39 is 172 Å². The number of methoxy groups -OCH3 is 1. The fourth-order valence-corrected chi connectivity index (χ4v) is 9.65. The van der Waals surface area contributed by atoms with Crippen LogP contribution < -0.4 is 14.2 Å². The minimum Gasteiger partial charge on any atom is -0.507 e. The number of carbonyl (C=O) groups is 1. The zero-order valence-electron chi connectivity index (χ0n) is 32.9. The third-order valence-corrected chi connectivity index (χ3v) is 11.7. The second kappa shape index (κ2) is 19.9. The molecule has 2 aromatic carbocycles. The van der Waals surface area contributed by atoms with E-state index in [1.807, 2.05) is 0 Å². The molecule has 5 rings (SSSR count). The number of rotatable bonds is 19. The molecule has 67 heavy (non-hydrogen) atoms. The Labute approximate surface area is 377 Å². The van der Waals surface area contributed by atoms with E-state index in [4.69, 9.17) is 28.4 Å². The van der Waals surface area contributed by atoms with Gasteiger partial charge in [0.15, 0.2) is 35.8 Å². The van der Waals surface area contributed by atoms with Crippen LogP contribution in [-0.2, 0) is 102 Å². The summed E-state index contributed by atoms with van der Waals surface area (Å²) in [7, 11) is -34.1. The number of carbonyl (C=O) groups excluding carboxylic acids is 1. The van der Waals surface area contributed by atoms with Crippen molar-refractivity contribution in [2.45, 2.75) is 80.9 Å². The third-order valence-electron chi connectivity index (χ3n) is 8.94. The van der Waals surface area contributed by atoms with Crippen LogP contribution in [0.4, 0.5) is 0 Å². The predicted octanol–water partition coefficient (Wildman–Crippen LogP) is -2.19. The highest BCUT2D eigenvalue weighted by atomic mass is 32.3. The number of phenolic OH excluding ortho intramolecular Hbond substituents is 2. The van der Waals surface area contributed by atoms with Crippen LogP contribution in [0, 0.1) is 0 Å². The second-order valence-electron chi connectivity index (χ2n) is 13.6. The van der Waals surface area contributed by atoms with Crippen molar-refractivity contribution in [2.75, 3.05) is 13.7 Å². The Morgan fingerprint density at radius 3 is 1.58 bits per heavy atom. The van der Waals surface area contributed by atoms with E-state index in [0.29, 0.717) is 6.07 Å². The quantitative estimate of drug-likeness (QED) is 0.0692. The summed E-state index contributed by atoms with van der Waals surface area (Å²) >= 11 is 0. The van der Waals surface area contributed by atoms with Gasteiger partial charge in [0.25, 0.3) is 0 Å². The van der Waals surface area contributed by atoms with Crippen molar-refractivity contribution < 1.29 is 146 Å². The molecular weight excluding hydrogens is 1060 g/mol. The molecule has 2 saturated heterocycles. The maximum Gasteiger partial charge on any atom is 0.397 e. The van der Waals surface area contributed by atoms with Crippen LogP contribution in [0.1, 0.15) is 35.4 Å². The van der Waals surface area contributed by atoms with Crippen LogP contribution in [-0.4, -0.2) is 169 Å². The van der Waals surface area contributed by atoms with Gasteiger partial charge in [0.1, 0.15) is 59.4 Å². The number of ether oxygens (including phenoxy) is 6. The van der Waals surface area contributed by atoms with E-state index in [0.717, 1.165) is 13.0 Å². The Kier molecular flexibility index (Phi) is 16.1. The summed E-state index contributed by atoms with van der Waals surface area (Å²) in [5.74, 6) is -3.33. The minimum absolute atomic E-state index is 0.0272. The van der Waals surface area contributed by atoms with Gasteiger partial charge < -0.3 is 38.6 Å². The fourth-order valence-electron chi connectivity index (χ4n) is 6.63. The van der Waals surface area contributed by atoms with Crippen molar-refractivity contribution in [2.24, 2.45) is 0 Å². The average Bonchev–Trinajstić information content (AvgIpc) is 3.12. The van der Waals surface area contributed by atoms with E-state index in [1.165, 1.54) is 25.3 Å². The Bertz CT molecular complexity index is 2870. The number of Topliss-reactive ketones (excluding diaryl/α,β-unsaturated/α-hetero) is 1. The normalized spacial score (nSPS) is 28.8. The summed E-state index contributed by atoms with van der Waals surface area (Å²) in [6.07, 6.45) is -28.9. The average molecular weight is 1090 g/mol. The van der Waals surface area contributed by atoms with Crippen LogP contribution >= 0.6 is 0 Å². The van der Waals surface area contributed by atoms with Crippen molar-refractivity contribution in [3.63, 3.8) is 0 Å². The predicted molar refractivity (Wildman–Crippen MR) is 203 cm³/mol. The lowest BCUT2D eigenvalue weighted by Crippen LogP contribution is -2.65. The highest BCUT2D eigenvalue weighted by Crippen LogP contribution is 2.44. The zero-order chi connectivity index (χ0) is 50.4. The van der Waals surface area contributed by atoms with Gasteiger partial charge in [-0.2, -0.15) is 50.5 Å². The van der Waals surface area contributed by atoms with Crippen molar-refractivity contribution in [1.29, 1.82) is 0 Å². The van der Waals surface area contributed by atoms with Gasteiger partial charge in [0, 0.05) is 12.1 Å². The molecule has 8 N–H and O–H groups in total. The van der Waals surface area contributed by atoms with Gasteiger partial charge in [-0.25, -0.2) is 25.1 Å². The number of benzene rings is 2. The van der Waals surface area contributed by atoms with Crippen molar-refractivity contribution in [3.05, 3.63) is 41.5 Å². The molecule has 3 heterocycles. The molecular formula is C28H34O33S6. The van der Waals surface area contributed by atoms with E-state index in [2.05, 4.69) is 25.1 Å². The molecule has 0 spiro atoms. The maximum atomic E-state index is 13.2. The summed E-state index contributed by atoms with van der Waals surface area (Å²) in [6, 6.07) is 5.32. The summed E-state index contributed by atoms with van der Waals surface area (Å²) in [5, 5.41) is 21.2. The molecule has 0 aromatic heterocycles. The number of ketones is 1. The highest BCUT2D eigenvalue weighted by Gasteiger charge is 2.57. The lowest BCUT2D eigenvalue weighted by molar-refractivity contribution is -0.306. The SMILES string of the molecule is COc1ccc([C@@H]2CC(=O)c3c(O)cc(O[C@@H]4O[C@H](CO[C@@H]5O[C@@H](C)[C@H](OS(=O)(=O)O)[C@@H](OS(=O)(=O)O)[C@H]5OS(=O)(=O)O)[C@@H](OS(=O)(=O)O)[C@H](OS(=O)(=O)O)[C@H]4OS(=O)(=O)O)cc3O2)cc1O. The number of aromatic hydroxyl groups is 2. The van der Waals surface area contributed by atoms with Crippen LogP contribution in [0.3, 0.4) is 0 Å². The van der Waals surface area contributed by atoms with Crippen LogP contribution in [0.15, 0.2) is 30.3 Å². The first-order valence-corrected chi connectivity index (χ1v) is 25.7. The molecule has 0 bridgehead atoms. The first kappa shape index (κ1) is 54.2. The highest BCUT2D eigenvalue weighted by molar-refractivity contribution is 7.82. The molecule has 3 aliphatic heterocycles. The monoisotopic (exact) mass is 1090 g/mol. The molecule has 39 heteroatoms. The van der Waals surface area contributed by atoms with Gasteiger partial charge >= 0.3 is 62.4 Å². The lowest BCUT2D eigenvalue weighted by atomic mass is 9.95. The summed E-state index contributed by atoms with van der Waals surface area (Å²) in [6.45, 7) is -0.804. The smallest absolute Gasteiger partial charge is 0.397 e. The molecule has 11 atom stereocenters. The molecule has 0 radical (unpaired) electrons. The Morgan fingerprint density at radius 1 is 0.597 bits per heavy atom. The second-order valence-corrected chi connectivity index (χ2v) is 19.9. The third kappa shape index (κ3) is 15.1. The van der Waals surface area contributed by atoms with Crippen molar-refractivity contribution >= 4 is 68.2 Å². The van der Waals surface area contributed by atoms with Crippen molar-refractivity contribution in [1.82, 2.24) is 0 Å². The van der Waals surface area contributed by atoms with Gasteiger partial charge in [0.2, 0.25) is 6.29 Å². The van der Waals surface area contributed by atoms with Gasteiger partial charge in [-0.3, -0.25) is 32.1 Å². The minimum atomic E-state index is -6.01. The molecule has 0 amide bonds. The van der Waals surface area contributed by atoms with Gasteiger partial charge in [0.05, 0.1) is 26.2 Å². The van der Waals surface area contributed by atoms with Crippen LogP contribution in [0.25, 0.3) is 0 Å². The Hall–Kier alpha value is -3.79. The number of hydrogen-bond acceptors (Lipinski definition) is 27. The molecule has 33 nitrogen and oxygen atoms in total.